The third kappa shape index (κ3) is 5.50. The number of benzene rings is 10. The SMILES string of the molecule is c1ccc(-c2ccc(N(c3ccc(C4(c5ccccc5)c5ccccc5-c5ccccc54)cc3)c3cccc4c3-c3ccccc3C4(c3ccccc3)c3ccccc3)cc2)cc1. The maximum absolute atomic E-state index is 2.48. The monoisotopic (exact) mass is 801 g/mol. The van der Waals surface area contributed by atoms with Crippen LogP contribution in [0, 0.1) is 0 Å². The molecule has 63 heavy (non-hydrogen) atoms. The Kier molecular flexibility index (Phi) is 8.69. The summed E-state index contributed by atoms with van der Waals surface area (Å²) in [5.74, 6) is 0. The summed E-state index contributed by atoms with van der Waals surface area (Å²) in [5.41, 5.74) is 20.0. The quantitative estimate of drug-likeness (QED) is 0.148. The summed E-state index contributed by atoms with van der Waals surface area (Å²) in [6, 6.07) is 96.3. The van der Waals surface area contributed by atoms with Gasteiger partial charge < -0.3 is 4.90 Å². The van der Waals surface area contributed by atoms with E-state index in [1.54, 1.807) is 0 Å². The van der Waals surface area contributed by atoms with E-state index >= 15 is 0 Å². The third-order valence-corrected chi connectivity index (χ3v) is 13.7. The van der Waals surface area contributed by atoms with Crippen molar-refractivity contribution in [3.63, 3.8) is 0 Å². The van der Waals surface area contributed by atoms with Crippen molar-refractivity contribution in [2.75, 3.05) is 4.90 Å². The van der Waals surface area contributed by atoms with Gasteiger partial charge in [0.05, 0.1) is 16.5 Å². The Morgan fingerprint density at radius 1 is 0.238 bits per heavy atom. The van der Waals surface area contributed by atoms with Crippen molar-refractivity contribution < 1.29 is 0 Å². The molecule has 10 aromatic rings. The van der Waals surface area contributed by atoms with Crippen LogP contribution >= 0.6 is 0 Å². The van der Waals surface area contributed by atoms with Gasteiger partial charge in [0.25, 0.3) is 0 Å². The van der Waals surface area contributed by atoms with Crippen LogP contribution in [-0.2, 0) is 10.8 Å². The standard InChI is InChI=1S/C62H43N/c1-5-20-44(21-6-1)45-36-40-50(41-37-45)63(51-42-38-49(39-43-51)61(46-22-7-2-8-23-46)55-31-16-13-28-52(55)53-29-14-17-32-56(53)61)59-35-19-34-58-60(59)54-30-15-18-33-57(54)62(58,47-24-9-3-10-25-47)48-26-11-4-12-27-48/h1-43H. The minimum Gasteiger partial charge on any atom is -0.310 e. The predicted molar refractivity (Wildman–Crippen MR) is 261 cm³/mol. The summed E-state index contributed by atoms with van der Waals surface area (Å²) in [6.07, 6.45) is 0. The molecular formula is C62H43N. The Hall–Kier alpha value is -8.00. The van der Waals surface area contributed by atoms with Crippen LogP contribution in [0.5, 0.6) is 0 Å². The molecule has 0 unspecified atom stereocenters. The lowest BCUT2D eigenvalue weighted by atomic mass is 9.67. The summed E-state index contributed by atoms with van der Waals surface area (Å²) >= 11 is 0. The topological polar surface area (TPSA) is 3.24 Å². The van der Waals surface area contributed by atoms with Crippen molar-refractivity contribution in [1.29, 1.82) is 0 Å². The first kappa shape index (κ1) is 36.8. The van der Waals surface area contributed by atoms with Gasteiger partial charge in [-0.2, -0.15) is 0 Å². The van der Waals surface area contributed by atoms with E-state index in [1.807, 2.05) is 0 Å². The van der Waals surface area contributed by atoms with E-state index in [0.717, 1.165) is 17.1 Å². The number of rotatable bonds is 8. The molecule has 0 spiro atoms. The normalized spacial score (nSPS) is 13.7. The zero-order valence-corrected chi connectivity index (χ0v) is 34.8. The molecule has 1 nitrogen and oxygen atoms in total. The fraction of sp³-hybridized carbons (Fsp3) is 0.0323. The largest absolute Gasteiger partial charge is 0.310 e. The van der Waals surface area contributed by atoms with Crippen molar-refractivity contribution in [1.82, 2.24) is 0 Å². The van der Waals surface area contributed by atoms with E-state index in [4.69, 9.17) is 0 Å². The molecule has 0 atom stereocenters. The maximum Gasteiger partial charge on any atom is 0.0714 e. The Balaban J connectivity index is 1.10. The summed E-state index contributed by atoms with van der Waals surface area (Å²) in [6.45, 7) is 0. The maximum atomic E-state index is 2.48. The van der Waals surface area contributed by atoms with E-state index in [-0.39, 0.29) is 0 Å². The molecule has 0 saturated carbocycles. The molecule has 0 heterocycles. The molecule has 0 saturated heterocycles. The van der Waals surface area contributed by atoms with E-state index in [2.05, 4.69) is 266 Å². The molecule has 296 valence electrons. The smallest absolute Gasteiger partial charge is 0.0714 e. The molecule has 0 bridgehead atoms. The molecule has 0 amide bonds. The molecule has 10 aromatic carbocycles. The van der Waals surface area contributed by atoms with Crippen LogP contribution in [0.1, 0.15) is 44.5 Å². The number of anilines is 3. The summed E-state index contributed by atoms with van der Waals surface area (Å²) in [5, 5.41) is 0. The summed E-state index contributed by atoms with van der Waals surface area (Å²) < 4.78 is 0. The van der Waals surface area contributed by atoms with Crippen LogP contribution in [0.15, 0.2) is 261 Å². The highest BCUT2D eigenvalue weighted by Crippen LogP contribution is 2.60. The second-order valence-corrected chi connectivity index (χ2v) is 16.7. The Morgan fingerprint density at radius 3 is 1.10 bits per heavy atom. The molecule has 0 aliphatic heterocycles. The minimum absolute atomic E-state index is 0.479. The van der Waals surface area contributed by atoms with Gasteiger partial charge in [0.2, 0.25) is 0 Å². The molecule has 0 N–H and O–H groups in total. The van der Waals surface area contributed by atoms with Crippen LogP contribution in [0.2, 0.25) is 0 Å². The summed E-state index contributed by atoms with van der Waals surface area (Å²) in [7, 11) is 0. The lowest BCUT2D eigenvalue weighted by molar-refractivity contribution is 0.768. The van der Waals surface area contributed by atoms with Gasteiger partial charge in [0.15, 0.2) is 0 Å². The molecule has 0 fully saturated rings. The van der Waals surface area contributed by atoms with Gasteiger partial charge in [0.1, 0.15) is 0 Å². The van der Waals surface area contributed by atoms with Gasteiger partial charge in [-0.1, -0.05) is 231 Å². The number of hydrogen-bond donors (Lipinski definition) is 0. The minimum atomic E-state index is -0.511. The van der Waals surface area contributed by atoms with Crippen molar-refractivity contribution in [2.45, 2.75) is 10.8 Å². The third-order valence-electron chi connectivity index (χ3n) is 13.7. The molecule has 0 aromatic heterocycles. The van der Waals surface area contributed by atoms with Crippen LogP contribution in [0.4, 0.5) is 17.1 Å². The van der Waals surface area contributed by atoms with Crippen LogP contribution < -0.4 is 4.90 Å². The first-order chi connectivity index (χ1) is 31.3. The fourth-order valence-electron chi connectivity index (χ4n) is 11.1. The molecule has 0 radical (unpaired) electrons. The predicted octanol–water partition coefficient (Wildman–Crippen LogP) is 15.5. The Bertz CT molecular complexity index is 3160. The number of nitrogens with zero attached hydrogens (tertiary/aromatic N) is 1. The van der Waals surface area contributed by atoms with E-state index in [9.17, 15) is 0 Å². The highest BCUT2D eigenvalue weighted by Gasteiger charge is 2.48. The molecule has 12 rings (SSSR count). The Labute approximate surface area is 369 Å². The van der Waals surface area contributed by atoms with Crippen molar-refractivity contribution >= 4 is 17.1 Å². The van der Waals surface area contributed by atoms with Gasteiger partial charge in [-0.3, -0.25) is 0 Å². The second kappa shape index (κ2) is 14.9. The van der Waals surface area contributed by atoms with Crippen molar-refractivity contribution in [2.24, 2.45) is 0 Å². The molecule has 2 aliphatic rings. The molecule has 2 aliphatic carbocycles. The van der Waals surface area contributed by atoms with Crippen molar-refractivity contribution in [3.8, 4) is 33.4 Å². The zero-order valence-electron chi connectivity index (χ0n) is 34.8. The lowest BCUT2D eigenvalue weighted by Gasteiger charge is -2.35. The van der Waals surface area contributed by atoms with Gasteiger partial charge in [-0.15, -0.1) is 0 Å². The van der Waals surface area contributed by atoms with E-state index in [1.165, 1.54) is 77.9 Å². The molecule has 1 heteroatoms. The van der Waals surface area contributed by atoms with E-state index in [0.29, 0.717) is 0 Å². The highest BCUT2D eigenvalue weighted by molar-refractivity contribution is 5.97. The van der Waals surface area contributed by atoms with E-state index < -0.39 is 10.8 Å². The second-order valence-electron chi connectivity index (χ2n) is 16.7. The first-order valence-electron chi connectivity index (χ1n) is 21.9. The van der Waals surface area contributed by atoms with Crippen LogP contribution in [0.3, 0.4) is 0 Å². The number of fused-ring (bicyclic) bond motifs is 6. The zero-order chi connectivity index (χ0) is 41.8. The average molecular weight is 802 g/mol. The lowest BCUT2D eigenvalue weighted by Crippen LogP contribution is -2.28. The summed E-state index contributed by atoms with van der Waals surface area (Å²) in [4.78, 5) is 2.48. The van der Waals surface area contributed by atoms with Crippen molar-refractivity contribution in [3.05, 3.63) is 305 Å². The van der Waals surface area contributed by atoms with Gasteiger partial charge in [-0.25, -0.2) is 0 Å². The van der Waals surface area contributed by atoms with Crippen LogP contribution in [0.25, 0.3) is 33.4 Å². The fourth-order valence-corrected chi connectivity index (χ4v) is 11.1. The number of hydrogen-bond acceptors (Lipinski definition) is 1. The van der Waals surface area contributed by atoms with Gasteiger partial charge in [-0.05, 0) is 103 Å². The average Bonchev–Trinajstić information content (AvgIpc) is 3.85. The van der Waals surface area contributed by atoms with Gasteiger partial charge in [0, 0.05) is 16.9 Å². The Morgan fingerprint density at radius 2 is 0.587 bits per heavy atom. The van der Waals surface area contributed by atoms with Crippen LogP contribution in [-0.4, -0.2) is 0 Å². The first-order valence-corrected chi connectivity index (χ1v) is 21.9. The molecular weight excluding hydrogens is 759 g/mol. The highest BCUT2D eigenvalue weighted by atomic mass is 15.1. The van der Waals surface area contributed by atoms with Gasteiger partial charge >= 0.3 is 0 Å².